The van der Waals surface area contributed by atoms with Gasteiger partial charge >= 0.3 is 6.09 Å². The number of piperazine rings is 1. The van der Waals surface area contributed by atoms with Gasteiger partial charge in [0.05, 0.1) is 29.0 Å². The largest absolute Gasteiger partial charge is 0.465 e. The van der Waals surface area contributed by atoms with Gasteiger partial charge in [0, 0.05) is 45.0 Å². The zero-order chi connectivity index (χ0) is 23.4. The molecule has 0 spiro atoms. The van der Waals surface area contributed by atoms with Gasteiger partial charge in [0.2, 0.25) is 0 Å². The first-order valence-corrected chi connectivity index (χ1v) is 11.1. The summed E-state index contributed by atoms with van der Waals surface area (Å²) in [5, 5.41) is 22.0. The van der Waals surface area contributed by atoms with Gasteiger partial charge in [-0.05, 0) is 60.7 Å². The maximum absolute atomic E-state index is 11.5. The summed E-state index contributed by atoms with van der Waals surface area (Å²) in [6.07, 6.45) is 2.07. The van der Waals surface area contributed by atoms with Crippen molar-refractivity contribution in [2.75, 3.05) is 37.0 Å². The maximum atomic E-state index is 11.5. The van der Waals surface area contributed by atoms with Crippen LogP contribution in [0.1, 0.15) is 36.3 Å². The van der Waals surface area contributed by atoms with Crippen LogP contribution in [0.4, 0.5) is 21.9 Å². The first-order chi connectivity index (χ1) is 16.0. The standard InChI is InChI=1S/C25H28N4O4/c1-33-11-9-18(8-10-30)19-4-7-24(28-15-22-13-21(28)16-29(22)25(31)32)23(12-19)27-20-5-2-17(14-26)3-6-20/h2-7,10,12,18,21-22,27H,8-9,11,13,15-16H2,1H3,(H,31,32). The van der Waals surface area contributed by atoms with Crippen LogP contribution in [-0.2, 0) is 9.53 Å². The number of methoxy groups -OCH3 is 1. The number of nitrogens with zero attached hydrogens (tertiary/aromatic N) is 3. The summed E-state index contributed by atoms with van der Waals surface area (Å²) in [5.41, 5.74) is 4.41. The van der Waals surface area contributed by atoms with E-state index in [1.54, 1.807) is 19.2 Å². The second kappa shape index (κ2) is 9.92. The van der Waals surface area contributed by atoms with Crippen molar-refractivity contribution in [1.82, 2.24) is 4.90 Å². The molecule has 0 radical (unpaired) electrons. The van der Waals surface area contributed by atoms with E-state index in [2.05, 4.69) is 34.5 Å². The van der Waals surface area contributed by atoms with E-state index in [0.29, 0.717) is 31.7 Å². The molecule has 8 heteroatoms. The van der Waals surface area contributed by atoms with E-state index >= 15 is 0 Å². The number of benzene rings is 2. The lowest BCUT2D eigenvalue weighted by atomic mass is 9.92. The van der Waals surface area contributed by atoms with E-state index in [1.807, 2.05) is 12.1 Å². The predicted molar refractivity (Wildman–Crippen MR) is 125 cm³/mol. The summed E-state index contributed by atoms with van der Waals surface area (Å²) in [6.45, 7) is 1.72. The highest BCUT2D eigenvalue weighted by molar-refractivity contribution is 5.78. The van der Waals surface area contributed by atoms with E-state index < -0.39 is 6.09 Å². The molecule has 2 fully saturated rings. The Morgan fingerprint density at radius 3 is 2.67 bits per heavy atom. The Bertz CT molecular complexity index is 1050. The second-order valence-corrected chi connectivity index (χ2v) is 8.60. The fourth-order valence-corrected chi connectivity index (χ4v) is 4.93. The minimum atomic E-state index is -0.858. The highest BCUT2D eigenvalue weighted by Gasteiger charge is 2.46. The van der Waals surface area contributed by atoms with Crippen LogP contribution in [0.3, 0.4) is 0 Å². The molecule has 0 aromatic heterocycles. The number of carbonyl (C=O) groups is 2. The van der Waals surface area contributed by atoms with Gasteiger partial charge in [-0.15, -0.1) is 0 Å². The third-order valence-electron chi connectivity index (χ3n) is 6.63. The summed E-state index contributed by atoms with van der Waals surface area (Å²) in [7, 11) is 1.65. The molecule has 2 aliphatic heterocycles. The number of likely N-dealkylation sites (tertiary alicyclic amines) is 1. The Morgan fingerprint density at radius 1 is 1.27 bits per heavy atom. The van der Waals surface area contributed by atoms with Gasteiger partial charge < -0.3 is 29.8 Å². The highest BCUT2D eigenvalue weighted by atomic mass is 16.5. The minimum absolute atomic E-state index is 0.000506. The number of aldehydes is 1. The number of nitriles is 1. The number of ether oxygens (including phenoxy) is 1. The molecule has 0 saturated carbocycles. The smallest absolute Gasteiger partial charge is 0.407 e. The predicted octanol–water partition coefficient (Wildman–Crippen LogP) is 3.95. The lowest BCUT2D eigenvalue weighted by Crippen LogP contribution is -2.48. The minimum Gasteiger partial charge on any atom is -0.465 e. The molecule has 0 aliphatic carbocycles. The van der Waals surface area contributed by atoms with Crippen molar-refractivity contribution >= 4 is 29.4 Å². The Morgan fingerprint density at radius 2 is 2.06 bits per heavy atom. The van der Waals surface area contributed by atoms with Crippen molar-refractivity contribution in [3.8, 4) is 6.07 Å². The Balaban J connectivity index is 1.66. The van der Waals surface area contributed by atoms with E-state index in [4.69, 9.17) is 10.00 Å². The number of carboxylic acid groups (broad SMARTS) is 1. The Kier molecular flexibility index (Phi) is 6.80. The fourth-order valence-electron chi connectivity index (χ4n) is 4.93. The summed E-state index contributed by atoms with van der Waals surface area (Å²) in [4.78, 5) is 26.6. The molecule has 2 aromatic carbocycles. The topological polar surface area (TPSA) is 106 Å². The molecule has 33 heavy (non-hydrogen) atoms. The van der Waals surface area contributed by atoms with Crippen LogP contribution >= 0.6 is 0 Å². The quantitative estimate of drug-likeness (QED) is 0.560. The molecule has 1 amide bonds. The number of nitrogens with one attached hydrogen (secondary N) is 1. The SMILES string of the molecule is COCCC(CC=O)c1ccc(N2CC3CC2CN3C(=O)O)c(Nc2ccc(C#N)cc2)c1. The number of hydrogen-bond donors (Lipinski definition) is 2. The van der Waals surface area contributed by atoms with Crippen LogP contribution in [0.25, 0.3) is 0 Å². The van der Waals surface area contributed by atoms with Crippen LogP contribution in [0.5, 0.6) is 0 Å². The van der Waals surface area contributed by atoms with Crippen LogP contribution < -0.4 is 10.2 Å². The van der Waals surface area contributed by atoms with Gasteiger partial charge in [-0.1, -0.05) is 6.07 Å². The van der Waals surface area contributed by atoms with E-state index in [9.17, 15) is 14.7 Å². The molecule has 2 saturated heterocycles. The molecule has 2 bridgehead atoms. The molecule has 2 heterocycles. The fraction of sp³-hybridized carbons (Fsp3) is 0.400. The van der Waals surface area contributed by atoms with Crippen molar-refractivity contribution in [2.45, 2.75) is 37.3 Å². The van der Waals surface area contributed by atoms with Crippen LogP contribution in [0, 0.1) is 11.3 Å². The molecule has 2 aliphatic rings. The van der Waals surface area contributed by atoms with Crippen molar-refractivity contribution in [3.05, 3.63) is 53.6 Å². The Hall–Kier alpha value is -3.57. The molecule has 3 atom stereocenters. The monoisotopic (exact) mass is 448 g/mol. The van der Waals surface area contributed by atoms with Gasteiger partial charge in [0.1, 0.15) is 6.29 Å². The van der Waals surface area contributed by atoms with Gasteiger partial charge in [0.15, 0.2) is 0 Å². The molecule has 2 N–H and O–H groups in total. The molecule has 4 rings (SSSR count). The number of fused-ring (bicyclic) bond motifs is 2. The van der Waals surface area contributed by atoms with Gasteiger partial charge in [0.25, 0.3) is 0 Å². The number of carbonyl (C=O) groups excluding carboxylic acids is 1. The highest BCUT2D eigenvalue weighted by Crippen LogP contribution is 2.40. The zero-order valence-corrected chi connectivity index (χ0v) is 18.6. The van der Waals surface area contributed by atoms with Crippen molar-refractivity contribution in [3.63, 3.8) is 0 Å². The van der Waals surface area contributed by atoms with E-state index in [0.717, 1.165) is 41.8 Å². The second-order valence-electron chi connectivity index (χ2n) is 8.60. The van der Waals surface area contributed by atoms with Crippen LogP contribution in [0.15, 0.2) is 42.5 Å². The van der Waals surface area contributed by atoms with E-state index in [1.165, 1.54) is 4.90 Å². The lowest BCUT2D eigenvalue weighted by molar-refractivity contribution is -0.108. The zero-order valence-electron chi connectivity index (χ0n) is 18.6. The third kappa shape index (κ3) is 4.78. The van der Waals surface area contributed by atoms with Crippen LogP contribution in [0.2, 0.25) is 0 Å². The number of rotatable bonds is 9. The average molecular weight is 449 g/mol. The van der Waals surface area contributed by atoms with Gasteiger partial charge in [-0.3, -0.25) is 0 Å². The lowest BCUT2D eigenvalue weighted by Gasteiger charge is -2.35. The number of hydrogen-bond acceptors (Lipinski definition) is 6. The normalized spacial score (nSPS) is 19.9. The summed E-state index contributed by atoms with van der Waals surface area (Å²) >= 11 is 0. The molecular formula is C25H28N4O4. The van der Waals surface area contributed by atoms with Gasteiger partial charge in [-0.25, -0.2) is 4.79 Å². The first kappa shape index (κ1) is 22.6. The molecule has 2 aromatic rings. The number of anilines is 3. The number of amides is 1. The molecule has 3 unspecified atom stereocenters. The first-order valence-electron chi connectivity index (χ1n) is 11.1. The van der Waals surface area contributed by atoms with Crippen molar-refractivity contribution in [1.29, 1.82) is 5.26 Å². The molecule has 8 nitrogen and oxygen atoms in total. The average Bonchev–Trinajstić information content (AvgIpc) is 3.43. The molecule has 172 valence electrons. The summed E-state index contributed by atoms with van der Waals surface area (Å²) < 4.78 is 5.24. The van der Waals surface area contributed by atoms with Crippen molar-refractivity contribution < 1.29 is 19.4 Å². The summed E-state index contributed by atoms with van der Waals surface area (Å²) in [6, 6.07) is 15.7. The Labute approximate surface area is 193 Å². The maximum Gasteiger partial charge on any atom is 0.407 e. The summed E-state index contributed by atoms with van der Waals surface area (Å²) in [5.74, 6) is 0.0514. The van der Waals surface area contributed by atoms with E-state index in [-0.39, 0.29) is 18.0 Å². The molecular weight excluding hydrogens is 420 g/mol. The van der Waals surface area contributed by atoms with Gasteiger partial charge in [-0.2, -0.15) is 5.26 Å². The van der Waals surface area contributed by atoms with Crippen molar-refractivity contribution in [2.24, 2.45) is 0 Å². The van der Waals surface area contributed by atoms with Crippen LogP contribution in [-0.4, -0.2) is 61.3 Å². The third-order valence-corrected chi connectivity index (χ3v) is 6.63.